The molecule has 1 aliphatic heterocycles. The fourth-order valence-electron chi connectivity index (χ4n) is 1.25. The molecule has 0 N–H and O–H groups in total. The quantitative estimate of drug-likeness (QED) is 0.630. The molecule has 72 valence electrons. The van der Waals surface area contributed by atoms with Gasteiger partial charge in [0.2, 0.25) is 5.90 Å². The number of hydrogen-bond acceptors (Lipinski definition) is 3. The molecular formula is C11H11NO2. The molecule has 1 unspecified atom stereocenters. The second kappa shape index (κ2) is 3.62. The molecule has 0 saturated carbocycles. The van der Waals surface area contributed by atoms with Crippen molar-refractivity contribution in [1.82, 2.24) is 0 Å². The summed E-state index contributed by atoms with van der Waals surface area (Å²) in [5.74, 6) is 0.120. The molecule has 0 amide bonds. The lowest BCUT2D eigenvalue weighted by Gasteiger charge is -2.16. The van der Waals surface area contributed by atoms with Gasteiger partial charge >= 0.3 is 5.97 Å². The predicted octanol–water partition coefficient (Wildman–Crippen LogP) is 1.63. The molecule has 0 aliphatic carbocycles. The first-order valence-corrected chi connectivity index (χ1v) is 4.59. The van der Waals surface area contributed by atoms with Gasteiger partial charge in [-0.15, -0.1) is 0 Å². The monoisotopic (exact) mass is 189 g/mol. The highest BCUT2D eigenvalue weighted by Crippen LogP contribution is 2.12. The maximum absolute atomic E-state index is 11.3. The molecule has 0 radical (unpaired) electrons. The predicted molar refractivity (Wildman–Crippen MR) is 53.1 cm³/mol. The van der Waals surface area contributed by atoms with Crippen LogP contribution in [0.25, 0.3) is 0 Å². The van der Waals surface area contributed by atoms with Gasteiger partial charge in [0, 0.05) is 5.56 Å². The SMILES string of the molecule is CC1CN=C(c2ccccc2)OC1=O. The zero-order valence-electron chi connectivity index (χ0n) is 7.93. The molecule has 1 aliphatic rings. The lowest BCUT2D eigenvalue weighted by atomic mass is 10.1. The van der Waals surface area contributed by atoms with Crippen molar-refractivity contribution in [2.45, 2.75) is 6.92 Å². The molecular weight excluding hydrogens is 178 g/mol. The number of hydrogen-bond donors (Lipinski definition) is 0. The van der Waals surface area contributed by atoms with Crippen LogP contribution in [-0.4, -0.2) is 18.4 Å². The van der Waals surface area contributed by atoms with Gasteiger partial charge in [-0.1, -0.05) is 25.1 Å². The second-order valence-corrected chi connectivity index (χ2v) is 3.33. The van der Waals surface area contributed by atoms with Gasteiger partial charge in [0.1, 0.15) is 0 Å². The van der Waals surface area contributed by atoms with Crippen molar-refractivity contribution in [3.8, 4) is 0 Å². The standard InChI is InChI=1S/C11H11NO2/c1-8-7-12-10(14-11(8)13)9-5-3-2-4-6-9/h2-6,8H,7H2,1H3. The first-order chi connectivity index (χ1) is 6.77. The molecule has 1 aromatic carbocycles. The Hall–Kier alpha value is -1.64. The smallest absolute Gasteiger partial charge is 0.317 e. The fourth-order valence-corrected chi connectivity index (χ4v) is 1.25. The molecule has 0 fully saturated rings. The van der Waals surface area contributed by atoms with Gasteiger partial charge in [-0.05, 0) is 12.1 Å². The van der Waals surface area contributed by atoms with Gasteiger partial charge < -0.3 is 4.74 Å². The minimum Gasteiger partial charge on any atom is -0.407 e. The van der Waals surface area contributed by atoms with Gasteiger partial charge in [-0.25, -0.2) is 4.99 Å². The van der Waals surface area contributed by atoms with E-state index in [-0.39, 0.29) is 11.9 Å². The van der Waals surface area contributed by atoms with Gasteiger partial charge in [0.05, 0.1) is 12.5 Å². The van der Waals surface area contributed by atoms with E-state index >= 15 is 0 Å². The van der Waals surface area contributed by atoms with Crippen LogP contribution in [0.4, 0.5) is 0 Å². The zero-order chi connectivity index (χ0) is 9.97. The molecule has 2 rings (SSSR count). The van der Waals surface area contributed by atoms with E-state index in [9.17, 15) is 4.79 Å². The van der Waals surface area contributed by atoms with Crippen LogP contribution in [0.2, 0.25) is 0 Å². The number of cyclic esters (lactones) is 1. The molecule has 1 aromatic rings. The average Bonchev–Trinajstić information content (AvgIpc) is 2.23. The highest BCUT2D eigenvalue weighted by Gasteiger charge is 2.22. The van der Waals surface area contributed by atoms with Crippen molar-refractivity contribution in [2.24, 2.45) is 10.9 Å². The third-order valence-corrected chi connectivity index (χ3v) is 2.13. The number of esters is 1. The van der Waals surface area contributed by atoms with Crippen LogP contribution in [0.3, 0.4) is 0 Å². The van der Waals surface area contributed by atoms with E-state index < -0.39 is 0 Å². The van der Waals surface area contributed by atoms with E-state index in [1.807, 2.05) is 37.3 Å². The minimum atomic E-state index is -0.196. The Morgan fingerprint density at radius 2 is 2.07 bits per heavy atom. The Kier molecular flexibility index (Phi) is 2.31. The first-order valence-electron chi connectivity index (χ1n) is 4.59. The van der Waals surface area contributed by atoms with Gasteiger partial charge in [0.25, 0.3) is 0 Å². The molecule has 3 heteroatoms. The Bertz CT molecular complexity index is 370. The number of ether oxygens (including phenoxy) is 1. The van der Waals surface area contributed by atoms with Crippen LogP contribution in [0, 0.1) is 5.92 Å². The van der Waals surface area contributed by atoms with Crippen LogP contribution in [-0.2, 0) is 9.53 Å². The number of rotatable bonds is 1. The molecule has 1 heterocycles. The van der Waals surface area contributed by atoms with E-state index in [0.717, 1.165) is 5.56 Å². The van der Waals surface area contributed by atoms with E-state index in [4.69, 9.17) is 4.74 Å². The summed E-state index contributed by atoms with van der Waals surface area (Å²) in [4.78, 5) is 15.5. The van der Waals surface area contributed by atoms with Crippen LogP contribution < -0.4 is 0 Å². The molecule has 0 spiro atoms. The third-order valence-electron chi connectivity index (χ3n) is 2.13. The summed E-state index contributed by atoms with van der Waals surface area (Å²) in [7, 11) is 0. The summed E-state index contributed by atoms with van der Waals surface area (Å²) in [6.45, 7) is 2.33. The summed E-state index contributed by atoms with van der Waals surface area (Å²) in [5.41, 5.74) is 0.854. The van der Waals surface area contributed by atoms with Crippen molar-refractivity contribution in [2.75, 3.05) is 6.54 Å². The van der Waals surface area contributed by atoms with Crippen molar-refractivity contribution in [3.05, 3.63) is 35.9 Å². The summed E-state index contributed by atoms with van der Waals surface area (Å²) in [6, 6.07) is 9.45. The molecule has 14 heavy (non-hydrogen) atoms. The molecule has 1 atom stereocenters. The van der Waals surface area contributed by atoms with Crippen molar-refractivity contribution in [1.29, 1.82) is 0 Å². The lowest BCUT2D eigenvalue weighted by molar-refractivity contribution is -0.140. The number of carbonyl (C=O) groups excluding carboxylic acids is 1. The normalized spacial score (nSPS) is 21.4. The zero-order valence-corrected chi connectivity index (χ0v) is 7.93. The molecule has 0 bridgehead atoms. The van der Waals surface area contributed by atoms with Crippen LogP contribution >= 0.6 is 0 Å². The van der Waals surface area contributed by atoms with Gasteiger partial charge in [-0.3, -0.25) is 4.79 Å². The average molecular weight is 189 g/mol. The lowest BCUT2D eigenvalue weighted by Crippen LogP contribution is -2.27. The largest absolute Gasteiger partial charge is 0.407 e. The number of aliphatic imine (C=N–C) groups is 1. The van der Waals surface area contributed by atoms with Crippen LogP contribution in [0.5, 0.6) is 0 Å². The highest BCUT2D eigenvalue weighted by molar-refractivity contribution is 6.02. The van der Waals surface area contributed by atoms with E-state index in [1.54, 1.807) is 0 Å². The number of carbonyl (C=O) groups is 1. The summed E-state index contributed by atoms with van der Waals surface area (Å²) in [5, 5.41) is 0. The summed E-state index contributed by atoms with van der Waals surface area (Å²) >= 11 is 0. The third kappa shape index (κ3) is 1.66. The Morgan fingerprint density at radius 1 is 1.36 bits per heavy atom. The molecule has 3 nitrogen and oxygen atoms in total. The number of nitrogens with zero attached hydrogens (tertiary/aromatic N) is 1. The van der Waals surface area contributed by atoms with Gasteiger partial charge in [0.15, 0.2) is 0 Å². The van der Waals surface area contributed by atoms with Gasteiger partial charge in [-0.2, -0.15) is 0 Å². The van der Waals surface area contributed by atoms with E-state index in [0.29, 0.717) is 12.4 Å². The first kappa shape index (κ1) is 8.94. The topological polar surface area (TPSA) is 38.7 Å². The van der Waals surface area contributed by atoms with E-state index in [1.165, 1.54) is 0 Å². The summed E-state index contributed by atoms with van der Waals surface area (Å²) in [6.07, 6.45) is 0. The van der Waals surface area contributed by atoms with Crippen LogP contribution in [0.15, 0.2) is 35.3 Å². The van der Waals surface area contributed by atoms with Crippen molar-refractivity contribution < 1.29 is 9.53 Å². The Balaban J connectivity index is 2.25. The molecule has 0 saturated heterocycles. The van der Waals surface area contributed by atoms with E-state index in [2.05, 4.69) is 4.99 Å². The highest BCUT2D eigenvalue weighted by atomic mass is 16.5. The van der Waals surface area contributed by atoms with Crippen molar-refractivity contribution >= 4 is 11.9 Å². The molecule has 0 aromatic heterocycles. The Labute approximate surface area is 82.4 Å². The van der Waals surface area contributed by atoms with Crippen LogP contribution in [0.1, 0.15) is 12.5 Å². The van der Waals surface area contributed by atoms with Crippen molar-refractivity contribution in [3.63, 3.8) is 0 Å². The fraction of sp³-hybridized carbons (Fsp3) is 0.273. The second-order valence-electron chi connectivity index (χ2n) is 3.33. The minimum absolute atomic E-state index is 0.123. The maximum Gasteiger partial charge on any atom is 0.317 e. The summed E-state index contributed by atoms with van der Waals surface area (Å²) < 4.78 is 5.10. The number of benzene rings is 1. The maximum atomic E-state index is 11.3. The Morgan fingerprint density at radius 3 is 2.71 bits per heavy atom.